The molecule has 3 aliphatic rings. The molecule has 1 saturated carbocycles. The second-order valence-electron chi connectivity index (χ2n) is 8.38. The zero-order valence-corrected chi connectivity index (χ0v) is 16.5. The topological polar surface area (TPSA) is 57.7 Å². The molecule has 0 N–H and O–H groups in total. The van der Waals surface area contributed by atoms with E-state index in [4.69, 9.17) is 0 Å². The fourth-order valence-corrected chi connectivity index (χ4v) is 6.30. The molecular formula is C19H34N2O3S. The molecule has 1 unspecified atom stereocenters. The van der Waals surface area contributed by atoms with E-state index >= 15 is 0 Å². The third-order valence-corrected chi connectivity index (χ3v) is 8.48. The molecule has 0 aromatic rings. The van der Waals surface area contributed by atoms with Gasteiger partial charge in [0.2, 0.25) is 15.9 Å². The predicted molar refractivity (Wildman–Crippen MR) is 99.7 cm³/mol. The van der Waals surface area contributed by atoms with Crippen molar-refractivity contribution in [3.63, 3.8) is 0 Å². The molecule has 5 nitrogen and oxygen atoms in total. The van der Waals surface area contributed by atoms with E-state index in [-0.39, 0.29) is 17.6 Å². The van der Waals surface area contributed by atoms with Crippen LogP contribution in [-0.4, -0.2) is 55.5 Å². The summed E-state index contributed by atoms with van der Waals surface area (Å²) >= 11 is 0. The molecule has 3 fully saturated rings. The summed E-state index contributed by atoms with van der Waals surface area (Å²) in [6.45, 7) is 4.41. The van der Waals surface area contributed by atoms with E-state index < -0.39 is 10.0 Å². The number of carbonyl (C=O) groups excluding carboxylic acids is 1. The Bertz CT molecular complexity index is 567. The predicted octanol–water partition coefficient (Wildman–Crippen LogP) is 3.01. The van der Waals surface area contributed by atoms with Crippen molar-refractivity contribution >= 4 is 15.9 Å². The van der Waals surface area contributed by atoms with Gasteiger partial charge in [-0.3, -0.25) is 4.79 Å². The molecule has 25 heavy (non-hydrogen) atoms. The highest BCUT2D eigenvalue weighted by molar-refractivity contribution is 7.89. The van der Waals surface area contributed by atoms with E-state index in [1.165, 1.54) is 44.9 Å². The maximum atomic E-state index is 13.1. The fraction of sp³-hybridized carbons (Fsp3) is 0.947. The summed E-state index contributed by atoms with van der Waals surface area (Å²) in [5.74, 6) is 0.191. The second-order valence-corrected chi connectivity index (χ2v) is 10.6. The Balaban J connectivity index is 1.65. The Hall–Kier alpha value is -0.620. The van der Waals surface area contributed by atoms with Crippen LogP contribution in [0.1, 0.15) is 71.1 Å². The average molecular weight is 371 g/mol. The number of hydrogen-bond donors (Lipinski definition) is 0. The number of nitrogens with zero attached hydrogens (tertiary/aromatic N) is 2. The van der Waals surface area contributed by atoms with Crippen LogP contribution < -0.4 is 0 Å². The molecule has 0 aromatic heterocycles. The first-order valence-corrected chi connectivity index (χ1v) is 11.8. The average Bonchev–Trinajstić information content (AvgIpc) is 2.86. The number of rotatable bonds is 3. The smallest absolute Gasteiger partial charge is 0.227 e. The molecule has 2 saturated heterocycles. The SMILES string of the molecule is CCS(=O)(=O)N1CCCC(C(=O)N2CCCC3(CCCCCC3)C2)C1. The first kappa shape index (κ1) is 19.2. The van der Waals surface area contributed by atoms with Gasteiger partial charge in [0.15, 0.2) is 0 Å². The Labute approximate surface area is 153 Å². The molecule has 1 spiro atoms. The number of piperidine rings is 2. The Kier molecular flexibility index (Phi) is 6.09. The van der Waals surface area contributed by atoms with Crippen LogP contribution in [0.5, 0.6) is 0 Å². The van der Waals surface area contributed by atoms with Crippen molar-refractivity contribution in [3.8, 4) is 0 Å². The van der Waals surface area contributed by atoms with Crippen LogP contribution in [0.2, 0.25) is 0 Å². The van der Waals surface area contributed by atoms with Gasteiger partial charge in [-0.05, 0) is 50.9 Å². The monoisotopic (exact) mass is 370 g/mol. The molecule has 0 bridgehead atoms. The first-order chi connectivity index (χ1) is 12.0. The van der Waals surface area contributed by atoms with Crippen molar-refractivity contribution in [1.29, 1.82) is 0 Å². The fourth-order valence-electron chi connectivity index (χ4n) is 5.12. The van der Waals surface area contributed by atoms with Gasteiger partial charge in [-0.15, -0.1) is 0 Å². The van der Waals surface area contributed by atoms with Crippen LogP contribution in [0.15, 0.2) is 0 Å². The summed E-state index contributed by atoms with van der Waals surface area (Å²) in [4.78, 5) is 15.2. The van der Waals surface area contributed by atoms with Crippen LogP contribution >= 0.6 is 0 Å². The number of likely N-dealkylation sites (tertiary alicyclic amines) is 1. The van der Waals surface area contributed by atoms with Crippen LogP contribution in [0.3, 0.4) is 0 Å². The minimum atomic E-state index is -3.19. The summed E-state index contributed by atoms with van der Waals surface area (Å²) in [5.41, 5.74) is 0.342. The zero-order valence-electron chi connectivity index (χ0n) is 15.7. The van der Waals surface area contributed by atoms with Crippen molar-refractivity contribution in [3.05, 3.63) is 0 Å². The van der Waals surface area contributed by atoms with Gasteiger partial charge in [-0.1, -0.05) is 25.7 Å². The molecule has 0 aromatic carbocycles. The number of amides is 1. The molecule has 3 rings (SSSR count). The van der Waals surface area contributed by atoms with E-state index in [2.05, 4.69) is 4.90 Å². The lowest BCUT2D eigenvalue weighted by Gasteiger charge is -2.44. The third kappa shape index (κ3) is 4.38. The number of sulfonamides is 1. The van der Waals surface area contributed by atoms with Crippen molar-refractivity contribution in [2.45, 2.75) is 71.1 Å². The van der Waals surface area contributed by atoms with Gasteiger partial charge >= 0.3 is 0 Å². The summed E-state index contributed by atoms with van der Waals surface area (Å²) in [6.07, 6.45) is 11.8. The van der Waals surface area contributed by atoms with Gasteiger partial charge in [0.1, 0.15) is 0 Å². The van der Waals surface area contributed by atoms with Gasteiger partial charge < -0.3 is 4.90 Å². The Morgan fingerprint density at radius 2 is 1.68 bits per heavy atom. The molecule has 6 heteroatoms. The second kappa shape index (κ2) is 7.95. The van der Waals surface area contributed by atoms with E-state index in [0.29, 0.717) is 18.5 Å². The van der Waals surface area contributed by atoms with Gasteiger partial charge in [0.05, 0.1) is 11.7 Å². The molecular weight excluding hydrogens is 336 g/mol. The minimum absolute atomic E-state index is 0.126. The van der Waals surface area contributed by atoms with E-state index in [9.17, 15) is 13.2 Å². The van der Waals surface area contributed by atoms with Crippen LogP contribution in [0.25, 0.3) is 0 Å². The normalized spacial score (nSPS) is 28.7. The molecule has 1 amide bonds. The van der Waals surface area contributed by atoms with Crippen molar-refractivity contribution in [1.82, 2.24) is 9.21 Å². The molecule has 0 radical (unpaired) electrons. The van der Waals surface area contributed by atoms with Crippen molar-refractivity contribution in [2.75, 3.05) is 31.9 Å². The molecule has 2 heterocycles. The summed E-state index contributed by atoms with van der Waals surface area (Å²) in [5, 5.41) is 0. The highest BCUT2D eigenvalue weighted by atomic mass is 32.2. The summed E-state index contributed by atoms with van der Waals surface area (Å²) in [7, 11) is -3.19. The largest absolute Gasteiger partial charge is 0.342 e. The lowest BCUT2D eigenvalue weighted by molar-refractivity contribution is -0.140. The maximum Gasteiger partial charge on any atom is 0.227 e. The maximum absolute atomic E-state index is 13.1. The summed E-state index contributed by atoms with van der Waals surface area (Å²) < 4.78 is 25.9. The quantitative estimate of drug-likeness (QED) is 0.767. The molecule has 144 valence electrons. The zero-order chi connectivity index (χ0) is 17.9. The van der Waals surface area contributed by atoms with E-state index in [0.717, 1.165) is 32.4 Å². The van der Waals surface area contributed by atoms with Crippen molar-refractivity contribution < 1.29 is 13.2 Å². The molecule has 1 atom stereocenters. The van der Waals surface area contributed by atoms with Crippen molar-refractivity contribution in [2.24, 2.45) is 11.3 Å². The van der Waals surface area contributed by atoms with Crippen LogP contribution in [0, 0.1) is 11.3 Å². The Morgan fingerprint density at radius 1 is 1.00 bits per heavy atom. The number of hydrogen-bond acceptors (Lipinski definition) is 3. The minimum Gasteiger partial charge on any atom is -0.342 e. The number of carbonyl (C=O) groups is 1. The standard InChI is InChI=1S/C19H34N2O3S/c1-2-25(23,24)21-14-7-9-17(15-21)18(22)20-13-8-12-19(16-20)10-5-3-4-6-11-19/h17H,2-16H2,1H3. The molecule has 2 aliphatic heterocycles. The van der Waals surface area contributed by atoms with Crippen LogP contribution in [-0.2, 0) is 14.8 Å². The van der Waals surface area contributed by atoms with Gasteiger partial charge in [0, 0.05) is 26.2 Å². The Morgan fingerprint density at radius 3 is 2.36 bits per heavy atom. The van der Waals surface area contributed by atoms with Gasteiger partial charge in [0.25, 0.3) is 0 Å². The van der Waals surface area contributed by atoms with E-state index in [1.807, 2.05) is 0 Å². The summed E-state index contributed by atoms with van der Waals surface area (Å²) in [6, 6.07) is 0. The van der Waals surface area contributed by atoms with Gasteiger partial charge in [-0.25, -0.2) is 12.7 Å². The third-order valence-electron chi connectivity index (χ3n) is 6.63. The van der Waals surface area contributed by atoms with E-state index in [1.54, 1.807) is 11.2 Å². The van der Waals surface area contributed by atoms with Gasteiger partial charge in [-0.2, -0.15) is 0 Å². The van der Waals surface area contributed by atoms with Crippen LogP contribution in [0.4, 0.5) is 0 Å². The lowest BCUT2D eigenvalue weighted by Crippen LogP contribution is -2.51. The highest BCUT2D eigenvalue weighted by Gasteiger charge is 2.40. The first-order valence-electron chi connectivity index (χ1n) is 10.2. The highest BCUT2D eigenvalue weighted by Crippen LogP contribution is 2.42. The lowest BCUT2D eigenvalue weighted by atomic mass is 9.73. The molecule has 1 aliphatic carbocycles.